The molecule has 1 aromatic carbocycles. The first-order chi connectivity index (χ1) is 10.6. The van der Waals surface area contributed by atoms with E-state index < -0.39 is 16.7 Å². The van der Waals surface area contributed by atoms with Gasteiger partial charge in [0.15, 0.2) is 0 Å². The number of alkyl halides is 1. The smallest absolute Gasteiger partial charge is 0.214 e. The molecule has 0 bridgehead atoms. The van der Waals surface area contributed by atoms with Gasteiger partial charge < -0.3 is 4.90 Å². The zero-order chi connectivity index (χ0) is 15.6. The maximum atomic E-state index is 12.4. The Morgan fingerprint density at radius 1 is 1.23 bits per heavy atom. The largest absolute Gasteiger partial charge is 0.369 e. The molecule has 1 aromatic rings. The van der Waals surface area contributed by atoms with Crippen molar-refractivity contribution in [3.05, 3.63) is 29.8 Å². The highest BCUT2D eigenvalue weighted by atomic mass is 32.2. The number of para-hydroxylation sites is 1. The summed E-state index contributed by atoms with van der Waals surface area (Å²) in [5, 5.41) is 0. The van der Waals surface area contributed by atoms with Crippen LogP contribution >= 0.6 is 0 Å². The molecule has 2 aliphatic rings. The molecule has 22 heavy (non-hydrogen) atoms. The summed E-state index contributed by atoms with van der Waals surface area (Å²) in [6, 6.07) is 8.35. The van der Waals surface area contributed by atoms with Crippen LogP contribution in [0.5, 0.6) is 0 Å². The van der Waals surface area contributed by atoms with E-state index in [1.807, 2.05) is 12.1 Å². The van der Waals surface area contributed by atoms with Crippen molar-refractivity contribution in [1.82, 2.24) is 4.31 Å². The zero-order valence-corrected chi connectivity index (χ0v) is 13.6. The summed E-state index contributed by atoms with van der Waals surface area (Å²) in [5.74, 6) is -0.0728. The first-order valence-electron chi connectivity index (χ1n) is 8.00. The molecule has 6 heteroatoms. The minimum atomic E-state index is -3.32. The molecule has 0 spiro atoms. The van der Waals surface area contributed by atoms with Gasteiger partial charge in [-0.2, -0.15) is 4.31 Å². The lowest BCUT2D eigenvalue weighted by molar-refractivity contribution is 0.384. The number of anilines is 1. The van der Waals surface area contributed by atoms with Crippen molar-refractivity contribution in [2.45, 2.75) is 31.7 Å². The van der Waals surface area contributed by atoms with Gasteiger partial charge in [0, 0.05) is 31.4 Å². The van der Waals surface area contributed by atoms with Crippen LogP contribution in [0.2, 0.25) is 0 Å². The quantitative estimate of drug-likeness (QED) is 0.805. The summed E-state index contributed by atoms with van der Waals surface area (Å²) >= 11 is 0. The fourth-order valence-electron chi connectivity index (χ4n) is 3.56. The van der Waals surface area contributed by atoms with Crippen molar-refractivity contribution in [2.75, 3.05) is 37.0 Å². The summed E-state index contributed by atoms with van der Waals surface area (Å²) in [6.45, 7) is 1.70. The molecular weight excluding hydrogens is 303 g/mol. The molecule has 2 heterocycles. The second kappa shape index (κ2) is 6.54. The molecule has 1 atom stereocenters. The number of rotatable bonds is 6. The highest BCUT2D eigenvalue weighted by Crippen LogP contribution is 2.30. The maximum absolute atomic E-state index is 12.4. The van der Waals surface area contributed by atoms with E-state index >= 15 is 0 Å². The molecular formula is C16H23FN2O2S. The van der Waals surface area contributed by atoms with Crippen LogP contribution in [-0.4, -0.2) is 50.8 Å². The molecule has 0 amide bonds. The molecule has 1 saturated heterocycles. The Kier molecular flexibility index (Phi) is 4.68. The Balaban J connectivity index is 1.70. The third-order valence-corrected chi connectivity index (χ3v) is 6.63. The van der Waals surface area contributed by atoms with E-state index in [9.17, 15) is 12.8 Å². The van der Waals surface area contributed by atoms with Gasteiger partial charge in [0.25, 0.3) is 0 Å². The molecule has 122 valence electrons. The Morgan fingerprint density at radius 3 is 2.86 bits per heavy atom. The van der Waals surface area contributed by atoms with Gasteiger partial charge in [-0.1, -0.05) is 18.2 Å². The third kappa shape index (κ3) is 3.13. The van der Waals surface area contributed by atoms with Gasteiger partial charge in [0.1, 0.15) is 0 Å². The Hall–Kier alpha value is -1.14. The van der Waals surface area contributed by atoms with E-state index in [1.54, 1.807) is 4.31 Å². The Bertz CT molecular complexity index is 620. The third-order valence-electron chi connectivity index (χ3n) is 4.63. The van der Waals surface area contributed by atoms with Crippen LogP contribution in [0.3, 0.4) is 0 Å². The molecule has 0 aromatic heterocycles. The van der Waals surface area contributed by atoms with Crippen molar-refractivity contribution in [2.24, 2.45) is 0 Å². The van der Waals surface area contributed by atoms with E-state index in [2.05, 4.69) is 17.0 Å². The van der Waals surface area contributed by atoms with Crippen LogP contribution in [0.1, 0.15) is 24.8 Å². The fourth-order valence-corrected chi connectivity index (χ4v) is 5.30. The van der Waals surface area contributed by atoms with Crippen molar-refractivity contribution in [3.63, 3.8) is 0 Å². The van der Waals surface area contributed by atoms with Crippen molar-refractivity contribution in [3.8, 4) is 0 Å². The summed E-state index contributed by atoms with van der Waals surface area (Å²) in [6.07, 6.45) is 2.91. The summed E-state index contributed by atoms with van der Waals surface area (Å²) in [4.78, 5) is 2.29. The van der Waals surface area contributed by atoms with Gasteiger partial charge in [-0.05, 0) is 37.3 Å². The summed E-state index contributed by atoms with van der Waals surface area (Å²) in [7, 11) is -3.32. The number of halogens is 1. The SMILES string of the molecule is O=S(=O)(CCCF)N1CCC[C@@H]1CN1CCc2ccccc21. The number of sulfonamides is 1. The lowest BCUT2D eigenvalue weighted by Gasteiger charge is -2.29. The highest BCUT2D eigenvalue weighted by Gasteiger charge is 2.35. The molecule has 3 rings (SSSR count). The zero-order valence-electron chi connectivity index (χ0n) is 12.7. The highest BCUT2D eigenvalue weighted by molar-refractivity contribution is 7.89. The Morgan fingerprint density at radius 2 is 2.05 bits per heavy atom. The lowest BCUT2D eigenvalue weighted by Crippen LogP contribution is -2.43. The van der Waals surface area contributed by atoms with Crippen LogP contribution in [0, 0.1) is 0 Å². The standard InChI is InChI=1S/C16H23FN2O2S/c17-9-4-12-22(20,21)19-10-3-6-15(19)13-18-11-8-14-5-1-2-7-16(14)18/h1-2,5,7,15H,3-4,6,8-13H2/t15-/m1/s1. The van der Waals surface area contributed by atoms with Gasteiger partial charge in [-0.3, -0.25) is 4.39 Å². The van der Waals surface area contributed by atoms with Crippen LogP contribution < -0.4 is 4.90 Å². The maximum Gasteiger partial charge on any atom is 0.214 e. The molecule has 0 saturated carbocycles. The fraction of sp³-hybridized carbons (Fsp3) is 0.625. The number of hydrogen-bond donors (Lipinski definition) is 0. The van der Waals surface area contributed by atoms with E-state index in [0.717, 1.165) is 32.4 Å². The summed E-state index contributed by atoms with van der Waals surface area (Å²) in [5.41, 5.74) is 2.57. The average molecular weight is 326 g/mol. The predicted octanol–water partition coefficient (Wildman–Crippen LogP) is 2.20. The van der Waals surface area contributed by atoms with Crippen LogP contribution in [0.15, 0.2) is 24.3 Å². The van der Waals surface area contributed by atoms with Crippen molar-refractivity contribution in [1.29, 1.82) is 0 Å². The molecule has 1 fully saturated rings. The van der Waals surface area contributed by atoms with Gasteiger partial charge in [-0.15, -0.1) is 0 Å². The predicted molar refractivity (Wildman–Crippen MR) is 86.5 cm³/mol. The molecule has 0 radical (unpaired) electrons. The monoisotopic (exact) mass is 326 g/mol. The minimum absolute atomic E-state index is 0.0239. The molecule has 0 N–H and O–H groups in total. The minimum Gasteiger partial charge on any atom is -0.369 e. The van der Waals surface area contributed by atoms with Gasteiger partial charge >= 0.3 is 0 Å². The second-order valence-electron chi connectivity index (χ2n) is 6.09. The number of fused-ring (bicyclic) bond motifs is 1. The van der Waals surface area contributed by atoms with Crippen molar-refractivity contribution >= 4 is 15.7 Å². The normalized spacial score (nSPS) is 22.2. The first kappa shape index (κ1) is 15.7. The Labute approximate surface area is 132 Å². The number of benzene rings is 1. The lowest BCUT2D eigenvalue weighted by atomic mass is 10.2. The second-order valence-corrected chi connectivity index (χ2v) is 8.13. The average Bonchev–Trinajstić information content (AvgIpc) is 3.14. The van der Waals surface area contributed by atoms with Crippen molar-refractivity contribution < 1.29 is 12.8 Å². The van der Waals surface area contributed by atoms with E-state index in [1.165, 1.54) is 11.3 Å². The molecule has 0 aliphatic carbocycles. The van der Waals surface area contributed by atoms with Crippen LogP contribution in [0.25, 0.3) is 0 Å². The number of nitrogens with zero attached hydrogens (tertiary/aromatic N) is 2. The van der Waals surface area contributed by atoms with Gasteiger partial charge in [0.05, 0.1) is 12.4 Å². The molecule has 2 aliphatic heterocycles. The van der Waals surface area contributed by atoms with E-state index in [-0.39, 0.29) is 18.2 Å². The topological polar surface area (TPSA) is 40.6 Å². The van der Waals surface area contributed by atoms with E-state index in [0.29, 0.717) is 6.54 Å². The van der Waals surface area contributed by atoms with E-state index in [4.69, 9.17) is 0 Å². The molecule has 4 nitrogen and oxygen atoms in total. The van der Waals surface area contributed by atoms with Gasteiger partial charge in [-0.25, -0.2) is 8.42 Å². The van der Waals surface area contributed by atoms with Gasteiger partial charge in [0.2, 0.25) is 10.0 Å². The van der Waals surface area contributed by atoms with Crippen LogP contribution in [-0.2, 0) is 16.4 Å². The number of hydrogen-bond acceptors (Lipinski definition) is 3. The first-order valence-corrected chi connectivity index (χ1v) is 9.61. The van der Waals surface area contributed by atoms with Crippen LogP contribution in [0.4, 0.5) is 10.1 Å². The summed E-state index contributed by atoms with van der Waals surface area (Å²) < 4.78 is 38.6. The molecule has 0 unspecified atom stereocenters.